The highest BCUT2D eigenvalue weighted by Gasteiger charge is 2.03. The van der Waals surface area contributed by atoms with Crippen LogP contribution in [0.15, 0.2) is 24.5 Å². The number of carbonyl (C=O) groups is 1. The summed E-state index contributed by atoms with van der Waals surface area (Å²) in [5.41, 5.74) is 0. The molecular weight excluding hydrogens is 188 g/mol. The molecule has 86 valence electrons. The van der Waals surface area contributed by atoms with E-state index in [9.17, 15) is 4.79 Å². The van der Waals surface area contributed by atoms with Gasteiger partial charge in [0.1, 0.15) is 0 Å². The highest BCUT2D eigenvalue weighted by atomic mass is 16.5. The first kappa shape index (κ1) is 13.9. The van der Waals surface area contributed by atoms with Gasteiger partial charge in [-0.25, -0.2) is 0 Å². The minimum absolute atomic E-state index is 0.181. The summed E-state index contributed by atoms with van der Waals surface area (Å²) in [6.07, 6.45) is 9.20. The van der Waals surface area contributed by atoms with Gasteiger partial charge in [-0.3, -0.25) is 4.79 Å². The smallest absolute Gasteiger partial charge is 0.310 e. The number of esters is 1. The average molecular weight is 210 g/mol. The highest BCUT2D eigenvalue weighted by Crippen LogP contribution is 2.14. The fraction of sp³-hybridized carbons (Fsp3) is 0.615. The van der Waals surface area contributed by atoms with E-state index < -0.39 is 0 Å². The molecule has 0 saturated carbocycles. The van der Waals surface area contributed by atoms with E-state index in [-0.39, 0.29) is 5.97 Å². The number of carbonyl (C=O) groups excluding carboxylic acids is 1. The van der Waals surface area contributed by atoms with Crippen molar-refractivity contribution in [3.8, 4) is 0 Å². The van der Waals surface area contributed by atoms with Crippen LogP contribution in [0.3, 0.4) is 0 Å². The molecule has 0 rings (SSSR count). The molecule has 0 spiro atoms. The number of hydrogen-bond acceptors (Lipinski definition) is 2. The van der Waals surface area contributed by atoms with Crippen LogP contribution in [0, 0.1) is 11.8 Å². The van der Waals surface area contributed by atoms with Crippen molar-refractivity contribution in [2.24, 2.45) is 11.8 Å². The Kier molecular flexibility index (Phi) is 7.69. The first-order chi connectivity index (χ1) is 7.10. The number of ether oxygens (including phenoxy) is 1. The number of allylic oxidation sites excluding steroid dienone is 3. The van der Waals surface area contributed by atoms with Crippen LogP contribution in [0.25, 0.3) is 0 Å². The zero-order chi connectivity index (χ0) is 11.7. The molecular formula is C13H22O2. The third-order valence-electron chi connectivity index (χ3n) is 2.16. The van der Waals surface area contributed by atoms with Crippen molar-refractivity contribution in [3.63, 3.8) is 0 Å². The summed E-state index contributed by atoms with van der Waals surface area (Å²) in [4.78, 5) is 10.8. The summed E-state index contributed by atoms with van der Waals surface area (Å²) < 4.78 is 4.87. The fourth-order valence-electron chi connectivity index (χ4n) is 1.40. The first-order valence-corrected chi connectivity index (χ1v) is 5.59. The van der Waals surface area contributed by atoms with Crippen molar-refractivity contribution in [3.05, 3.63) is 24.5 Å². The van der Waals surface area contributed by atoms with Gasteiger partial charge in [0.2, 0.25) is 0 Å². The van der Waals surface area contributed by atoms with Gasteiger partial charge in [0, 0.05) is 6.42 Å². The molecule has 0 bridgehead atoms. The Morgan fingerprint density at radius 3 is 2.40 bits per heavy atom. The molecule has 0 heterocycles. The van der Waals surface area contributed by atoms with Crippen molar-refractivity contribution < 1.29 is 9.53 Å². The second-order valence-corrected chi connectivity index (χ2v) is 3.89. The molecule has 0 aliphatic rings. The van der Waals surface area contributed by atoms with E-state index in [2.05, 4.69) is 26.0 Å². The zero-order valence-corrected chi connectivity index (χ0v) is 10.2. The maximum Gasteiger partial charge on any atom is 0.310 e. The summed E-state index contributed by atoms with van der Waals surface area (Å²) in [6, 6.07) is 0. The molecule has 0 aliphatic carbocycles. The van der Waals surface area contributed by atoms with Crippen molar-refractivity contribution in [1.29, 1.82) is 0 Å². The van der Waals surface area contributed by atoms with Gasteiger partial charge in [-0.1, -0.05) is 32.9 Å². The van der Waals surface area contributed by atoms with Crippen LogP contribution >= 0.6 is 0 Å². The molecule has 15 heavy (non-hydrogen) atoms. The van der Waals surface area contributed by atoms with Crippen LogP contribution in [-0.2, 0) is 9.53 Å². The second-order valence-electron chi connectivity index (χ2n) is 3.89. The van der Waals surface area contributed by atoms with Crippen molar-refractivity contribution in [1.82, 2.24) is 0 Å². The monoisotopic (exact) mass is 210 g/mol. The molecule has 0 aromatic heterocycles. The number of rotatable bonds is 6. The Morgan fingerprint density at radius 1 is 1.27 bits per heavy atom. The van der Waals surface area contributed by atoms with Crippen molar-refractivity contribution in [2.45, 2.75) is 40.5 Å². The third-order valence-corrected chi connectivity index (χ3v) is 2.16. The van der Waals surface area contributed by atoms with Gasteiger partial charge in [-0.05, 0) is 31.3 Å². The zero-order valence-electron chi connectivity index (χ0n) is 10.2. The molecule has 0 fully saturated rings. The lowest BCUT2D eigenvalue weighted by Gasteiger charge is -2.09. The quantitative estimate of drug-likeness (QED) is 0.379. The molecule has 0 saturated heterocycles. The summed E-state index contributed by atoms with van der Waals surface area (Å²) in [5.74, 6) is 0.817. The van der Waals surface area contributed by atoms with Gasteiger partial charge in [0.25, 0.3) is 0 Å². The third kappa shape index (κ3) is 7.98. The maximum atomic E-state index is 10.8. The average Bonchev–Trinajstić information content (AvgIpc) is 2.17. The Labute approximate surface area is 93.0 Å². The van der Waals surface area contributed by atoms with Crippen LogP contribution in [0.5, 0.6) is 0 Å². The maximum absolute atomic E-state index is 10.8. The topological polar surface area (TPSA) is 26.3 Å². The van der Waals surface area contributed by atoms with Gasteiger partial charge < -0.3 is 4.74 Å². The molecule has 2 heteroatoms. The van der Waals surface area contributed by atoms with E-state index >= 15 is 0 Å². The Balaban J connectivity index is 3.82. The highest BCUT2D eigenvalue weighted by molar-refractivity contribution is 5.69. The summed E-state index contributed by atoms with van der Waals surface area (Å²) in [5, 5.41) is 0. The Morgan fingerprint density at radius 2 is 1.87 bits per heavy atom. The summed E-state index contributed by atoms with van der Waals surface area (Å²) >= 11 is 0. The molecule has 0 aromatic rings. The van der Waals surface area contributed by atoms with Crippen molar-refractivity contribution in [2.75, 3.05) is 0 Å². The molecule has 0 N–H and O–H groups in total. The van der Waals surface area contributed by atoms with Gasteiger partial charge >= 0.3 is 5.97 Å². The van der Waals surface area contributed by atoms with Gasteiger partial charge in [-0.2, -0.15) is 0 Å². The van der Waals surface area contributed by atoms with Crippen LogP contribution in [0.1, 0.15) is 40.5 Å². The molecule has 2 atom stereocenters. The molecule has 0 aliphatic heterocycles. The van der Waals surface area contributed by atoms with Gasteiger partial charge in [-0.15, -0.1) is 0 Å². The van der Waals surface area contributed by atoms with Crippen LogP contribution < -0.4 is 0 Å². The second kappa shape index (κ2) is 8.27. The SMILES string of the molecule is C/C=C/C(C)CC(C)/C=C/OC(=O)CC. The first-order valence-electron chi connectivity index (χ1n) is 5.59. The largest absolute Gasteiger partial charge is 0.435 e. The lowest BCUT2D eigenvalue weighted by atomic mass is 9.97. The molecule has 2 unspecified atom stereocenters. The summed E-state index contributed by atoms with van der Waals surface area (Å²) in [6.45, 7) is 8.12. The normalized spacial score (nSPS) is 15.7. The summed E-state index contributed by atoms with van der Waals surface area (Å²) in [7, 11) is 0. The minimum atomic E-state index is -0.181. The predicted octanol–water partition coefficient (Wildman–Crippen LogP) is 3.69. The van der Waals surface area contributed by atoms with Crippen molar-refractivity contribution >= 4 is 5.97 Å². The minimum Gasteiger partial charge on any atom is -0.435 e. The molecule has 0 aromatic carbocycles. The molecule has 2 nitrogen and oxygen atoms in total. The lowest BCUT2D eigenvalue weighted by molar-refractivity contribution is -0.137. The standard InChI is InChI=1S/C13H22O2/c1-5-7-11(3)10-12(4)8-9-15-13(14)6-2/h5,7-9,11-12H,6,10H2,1-4H3/b7-5+,9-8+. The van der Waals surface area contributed by atoms with E-state index in [1.54, 1.807) is 6.92 Å². The van der Waals surface area contributed by atoms with E-state index in [1.807, 2.05) is 13.0 Å². The van der Waals surface area contributed by atoms with E-state index in [0.29, 0.717) is 18.3 Å². The predicted molar refractivity (Wildman–Crippen MR) is 63.3 cm³/mol. The fourth-order valence-corrected chi connectivity index (χ4v) is 1.40. The van der Waals surface area contributed by atoms with Crippen LogP contribution in [0.2, 0.25) is 0 Å². The van der Waals surface area contributed by atoms with E-state index in [1.165, 1.54) is 6.26 Å². The van der Waals surface area contributed by atoms with Crippen LogP contribution in [-0.4, -0.2) is 5.97 Å². The van der Waals surface area contributed by atoms with E-state index in [4.69, 9.17) is 4.74 Å². The van der Waals surface area contributed by atoms with Crippen LogP contribution in [0.4, 0.5) is 0 Å². The van der Waals surface area contributed by atoms with E-state index in [0.717, 1.165) is 6.42 Å². The molecule has 0 amide bonds. The Hall–Kier alpha value is -1.05. The van der Waals surface area contributed by atoms with Gasteiger partial charge in [0.15, 0.2) is 0 Å². The molecule has 0 radical (unpaired) electrons. The lowest BCUT2D eigenvalue weighted by Crippen LogP contribution is -2.00. The van der Waals surface area contributed by atoms with Gasteiger partial charge in [0.05, 0.1) is 6.26 Å². The Bertz CT molecular complexity index is 229. The number of hydrogen-bond donors (Lipinski definition) is 0.